The number of unbranched alkanes of at least 4 members (excludes halogenated alkanes) is 1. The number of aliphatic imine (C=N–C) groups is 1. The Balaban J connectivity index is 2.22. The Morgan fingerprint density at radius 2 is 2.00 bits per heavy atom. The predicted octanol–water partition coefficient (Wildman–Crippen LogP) is 3.32. The van der Waals surface area contributed by atoms with E-state index < -0.39 is 0 Å². The second-order valence-electron chi connectivity index (χ2n) is 4.95. The molecule has 0 atom stereocenters. The van der Waals surface area contributed by atoms with Crippen LogP contribution in [-0.4, -0.2) is 32.3 Å². The summed E-state index contributed by atoms with van der Waals surface area (Å²) in [6.07, 6.45) is 3.35. The minimum Gasteiger partial charge on any atom is -0.381 e. The molecule has 1 rings (SSSR count). The molecule has 0 bridgehead atoms. The van der Waals surface area contributed by atoms with Gasteiger partial charge in [-0.25, -0.2) is 4.99 Å². The van der Waals surface area contributed by atoms with Gasteiger partial charge in [-0.1, -0.05) is 13.3 Å². The number of rotatable bonds is 10. The summed E-state index contributed by atoms with van der Waals surface area (Å²) in [7, 11) is 0. The molecule has 120 valence electrons. The maximum atomic E-state index is 5.55. The topological polar surface area (TPSA) is 45.6 Å². The second-order valence-corrected chi connectivity index (χ2v) is 6.33. The number of aryl methyl sites for hydroxylation is 1. The SMILES string of the molecule is CCCCOCCCNC(=NCc1ccc(C)s1)NCC. The molecule has 0 fully saturated rings. The first-order valence-corrected chi connectivity index (χ1v) is 8.73. The Morgan fingerprint density at radius 1 is 1.19 bits per heavy atom. The van der Waals surface area contributed by atoms with Crippen molar-refractivity contribution in [2.75, 3.05) is 26.3 Å². The minimum atomic E-state index is 0.737. The number of guanidine groups is 1. The summed E-state index contributed by atoms with van der Waals surface area (Å²) < 4.78 is 5.55. The highest BCUT2D eigenvalue weighted by atomic mass is 32.1. The van der Waals surface area contributed by atoms with E-state index in [9.17, 15) is 0 Å². The molecule has 0 saturated carbocycles. The summed E-state index contributed by atoms with van der Waals surface area (Å²) in [4.78, 5) is 7.24. The first-order valence-electron chi connectivity index (χ1n) is 7.91. The smallest absolute Gasteiger partial charge is 0.191 e. The van der Waals surface area contributed by atoms with E-state index in [1.807, 2.05) is 0 Å². The van der Waals surface area contributed by atoms with E-state index >= 15 is 0 Å². The molecule has 0 radical (unpaired) electrons. The molecular formula is C16H29N3OS. The number of nitrogens with one attached hydrogen (secondary N) is 2. The van der Waals surface area contributed by atoms with Crippen LogP contribution in [0, 0.1) is 6.92 Å². The maximum absolute atomic E-state index is 5.55. The fourth-order valence-electron chi connectivity index (χ4n) is 1.80. The number of hydrogen-bond donors (Lipinski definition) is 2. The van der Waals surface area contributed by atoms with Crippen molar-refractivity contribution in [3.63, 3.8) is 0 Å². The van der Waals surface area contributed by atoms with Crippen LogP contribution in [0.25, 0.3) is 0 Å². The van der Waals surface area contributed by atoms with Crippen LogP contribution in [0.4, 0.5) is 0 Å². The van der Waals surface area contributed by atoms with Crippen LogP contribution in [0.15, 0.2) is 17.1 Å². The van der Waals surface area contributed by atoms with Gasteiger partial charge in [-0.2, -0.15) is 0 Å². The lowest BCUT2D eigenvalue weighted by atomic mass is 10.4. The standard InChI is InChI=1S/C16H29N3OS/c1-4-6-11-20-12-7-10-18-16(17-5-2)19-13-15-9-8-14(3)21-15/h8-9H,4-7,10-13H2,1-3H3,(H2,17,18,19). The summed E-state index contributed by atoms with van der Waals surface area (Å²) >= 11 is 1.80. The van der Waals surface area contributed by atoms with Crippen LogP contribution in [-0.2, 0) is 11.3 Å². The molecule has 2 N–H and O–H groups in total. The Morgan fingerprint density at radius 3 is 2.67 bits per heavy atom. The molecular weight excluding hydrogens is 282 g/mol. The third-order valence-electron chi connectivity index (χ3n) is 2.93. The van der Waals surface area contributed by atoms with Gasteiger partial charge in [0.25, 0.3) is 0 Å². The van der Waals surface area contributed by atoms with Gasteiger partial charge >= 0.3 is 0 Å². The van der Waals surface area contributed by atoms with Crippen LogP contribution in [0.5, 0.6) is 0 Å². The fraction of sp³-hybridized carbons (Fsp3) is 0.688. The minimum absolute atomic E-state index is 0.737. The zero-order chi connectivity index (χ0) is 15.3. The van der Waals surface area contributed by atoms with Crippen molar-refractivity contribution in [2.24, 2.45) is 4.99 Å². The summed E-state index contributed by atoms with van der Waals surface area (Å²) in [6.45, 7) is 10.6. The van der Waals surface area contributed by atoms with Gasteiger partial charge in [0.05, 0.1) is 6.54 Å². The highest BCUT2D eigenvalue weighted by molar-refractivity contribution is 7.11. The third-order valence-corrected chi connectivity index (χ3v) is 3.92. The number of nitrogens with zero attached hydrogens (tertiary/aromatic N) is 1. The average molecular weight is 311 g/mol. The van der Waals surface area contributed by atoms with Gasteiger partial charge in [-0.15, -0.1) is 11.3 Å². The summed E-state index contributed by atoms with van der Waals surface area (Å²) in [5, 5.41) is 6.63. The summed E-state index contributed by atoms with van der Waals surface area (Å²) in [6, 6.07) is 4.29. The van der Waals surface area contributed by atoms with Gasteiger partial charge in [0.1, 0.15) is 0 Å². The van der Waals surface area contributed by atoms with Crippen LogP contribution in [0.3, 0.4) is 0 Å². The molecule has 0 spiro atoms. The van der Waals surface area contributed by atoms with Crippen molar-refractivity contribution in [1.29, 1.82) is 0 Å². The molecule has 1 aromatic rings. The molecule has 0 aliphatic rings. The lowest BCUT2D eigenvalue weighted by Gasteiger charge is -2.11. The predicted molar refractivity (Wildman–Crippen MR) is 92.2 cm³/mol. The Bertz CT molecular complexity index is 404. The molecule has 0 aliphatic carbocycles. The third kappa shape index (κ3) is 8.73. The van der Waals surface area contributed by atoms with E-state index in [1.165, 1.54) is 16.2 Å². The molecule has 4 nitrogen and oxygen atoms in total. The fourth-order valence-corrected chi connectivity index (χ4v) is 2.61. The molecule has 5 heteroatoms. The molecule has 21 heavy (non-hydrogen) atoms. The van der Waals surface area contributed by atoms with Crippen LogP contribution >= 0.6 is 11.3 Å². The molecule has 0 saturated heterocycles. The first-order chi connectivity index (χ1) is 10.3. The van der Waals surface area contributed by atoms with Gasteiger partial charge < -0.3 is 15.4 Å². The van der Waals surface area contributed by atoms with Gasteiger partial charge in [0, 0.05) is 36.1 Å². The number of hydrogen-bond acceptors (Lipinski definition) is 3. The quantitative estimate of drug-likeness (QED) is 0.396. The zero-order valence-corrected chi connectivity index (χ0v) is 14.4. The van der Waals surface area contributed by atoms with E-state index in [0.29, 0.717) is 0 Å². The number of thiophene rings is 1. The Hall–Kier alpha value is -1.07. The molecule has 0 aromatic carbocycles. The summed E-state index contributed by atoms with van der Waals surface area (Å²) in [5.74, 6) is 0.886. The van der Waals surface area contributed by atoms with E-state index in [-0.39, 0.29) is 0 Å². The van der Waals surface area contributed by atoms with E-state index in [2.05, 4.69) is 48.5 Å². The van der Waals surface area contributed by atoms with Gasteiger partial charge in [0.15, 0.2) is 5.96 Å². The molecule has 0 unspecified atom stereocenters. The maximum Gasteiger partial charge on any atom is 0.191 e. The van der Waals surface area contributed by atoms with Crippen LogP contribution in [0.2, 0.25) is 0 Å². The van der Waals surface area contributed by atoms with Gasteiger partial charge in [0.2, 0.25) is 0 Å². The van der Waals surface area contributed by atoms with Crippen molar-refractivity contribution < 1.29 is 4.74 Å². The monoisotopic (exact) mass is 311 g/mol. The van der Waals surface area contributed by atoms with Crippen molar-refractivity contribution in [3.8, 4) is 0 Å². The average Bonchev–Trinajstić information content (AvgIpc) is 2.89. The Labute approximate surface area is 133 Å². The second kappa shape index (κ2) is 11.6. The Kier molecular flexibility index (Phi) is 9.91. The largest absolute Gasteiger partial charge is 0.381 e. The lowest BCUT2D eigenvalue weighted by molar-refractivity contribution is 0.129. The molecule has 1 heterocycles. The zero-order valence-electron chi connectivity index (χ0n) is 13.6. The van der Waals surface area contributed by atoms with E-state index in [0.717, 1.165) is 51.6 Å². The van der Waals surface area contributed by atoms with Crippen molar-refractivity contribution in [1.82, 2.24) is 10.6 Å². The van der Waals surface area contributed by atoms with Gasteiger partial charge in [-0.05, 0) is 38.8 Å². The van der Waals surface area contributed by atoms with Crippen LogP contribution in [0.1, 0.15) is 42.9 Å². The normalized spacial score (nSPS) is 11.7. The molecule has 1 aromatic heterocycles. The van der Waals surface area contributed by atoms with Crippen molar-refractivity contribution in [2.45, 2.75) is 46.6 Å². The van der Waals surface area contributed by atoms with E-state index in [4.69, 9.17) is 4.74 Å². The summed E-state index contributed by atoms with van der Waals surface area (Å²) in [5.41, 5.74) is 0. The van der Waals surface area contributed by atoms with Crippen LogP contribution < -0.4 is 10.6 Å². The van der Waals surface area contributed by atoms with E-state index in [1.54, 1.807) is 11.3 Å². The highest BCUT2D eigenvalue weighted by Gasteiger charge is 1.99. The lowest BCUT2D eigenvalue weighted by Crippen LogP contribution is -2.38. The molecule has 0 amide bonds. The number of ether oxygens (including phenoxy) is 1. The van der Waals surface area contributed by atoms with Gasteiger partial charge in [-0.3, -0.25) is 0 Å². The highest BCUT2D eigenvalue weighted by Crippen LogP contribution is 2.15. The first kappa shape index (κ1) is 18.0. The van der Waals surface area contributed by atoms with Crippen molar-refractivity contribution >= 4 is 17.3 Å². The molecule has 0 aliphatic heterocycles. The van der Waals surface area contributed by atoms with Crippen molar-refractivity contribution in [3.05, 3.63) is 21.9 Å².